The summed E-state index contributed by atoms with van der Waals surface area (Å²) in [6, 6.07) is 10.2. The molecule has 1 aromatic carbocycles. The molecular formula is C14H14ClN3O. The number of benzene rings is 1. The maximum atomic E-state index is 5.82. The van der Waals surface area contributed by atoms with Gasteiger partial charge in [-0.25, -0.2) is 9.97 Å². The summed E-state index contributed by atoms with van der Waals surface area (Å²) in [7, 11) is 0. The summed E-state index contributed by atoms with van der Waals surface area (Å²) in [6.45, 7) is 2.22. The van der Waals surface area contributed by atoms with Gasteiger partial charge in [0, 0.05) is 6.54 Å². The van der Waals surface area contributed by atoms with E-state index < -0.39 is 0 Å². The molecule has 98 valence electrons. The number of nitrogens with zero attached hydrogens (tertiary/aromatic N) is 3. The topological polar surface area (TPSA) is 38.2 Å². The van der Waals surface area contributed by atoms with Gasteiger partial charge in [-0.1, -0.05) is 41.9 Å². The van der Waals surface area contributed by atoms with E-state index in [9.17, 15) is 0 Å². The Labute approximate surface area is 117 Å². The molecule has 2 heterocycles. The number of rotatable bonds is 2. The van der Waals surface area contributed by atoms with Crippen molar-refractivity contribution in [3.63, 3.8) is 0 Å². The molecule has 19 heavy (non-hydrogen) atoms. The van der Waals surface area contributed by atoms with E-state index >= 15 is 0 Å². The summed E-state index contributed by atoms with van der Waals surface area (Å²) in [5.41, 5.74) is 1.18. The van der Waals surface area contributed by atoms with Gasteiger partial charge in [0.05, 0.1) is 30.6 Å². The van der Waals surface area contributed by atoms with E-state index in [1.807, 2.05) is 18.2 Å². The lowest BCUT2D eigenvalue weighted by Crippen LogP contribution is -2.39. The van der Waals surface area contributed by atoms with Crippen LogP contribution in [0.1, 0.15) is 11.7 Å². The first kappa shape index (κ1) is 12.4. The standard InChI is InChI=1S/C14H14ClN3O/c15-12-8-16-14(17-9-12)18-6-7-19-13(10-18)11-4-2-1-3-5-11/h1-5,8-9,13H,6-7,10H2/t13-/m0/s1. The molecule has 0 N–H and O–H groups in total. The van der Waals surface area contributed by atoms with Crippen LogP contribution in [0.3, 0.4) is 0 Å². The van der Waals surface area contributed by atoms with Crippen LogP contribution in [0.25, 0.3) is 0 Å². The number of aromatic nitrogens is 2. The van der Waals surface area contributed by atoms with Crippen LogP contribution in [-0.4, -0.2) is 29.7 Å². The normalized spacial score (nSPS) is 19.4. The number of morpholine rings is 1. The fraction of sp³-hybridized carbons (Fsp3) is 0.286. The summed E-state index contributed by atoms with van der Waals surface area (Å²) in [4.78, 5) is 10.6. The van der Waals surface area contributed by atoms with Crippen molar-refractivity contribution >= 4 is 17.5 Å². The van der Waals surface area contributed by atoms with Crippen molar-refractivity contribution in [2.45, 2.75) is 6.10 Å². The molecule has 1 aromatic heterocycles. The second-order valence-electron chi connectivity index (χ2n) is 4.42. The highest BCUT2D eigenvalue weighted by atomic mass is 35.5. The average Bonchev–Trinajstić information content (AvgIpc) is 2.49. The van der Waals surface area contributed by atoms with Gasteiger partial charge in [0.1, 0.15) is 6.10 Å². The van der Waals surface area contributed by atoms with Gasteiger partial charge in [-0.2, -0.15) is 0 Å². The zero-order valence-corrected chi connectivity index (χ0v) is 11.1. The molecule has 5 heteroatoms. The molecule has 0 saturated carbocycles. The third-order valence-electron chi connectivity index (χ3n) is 3.13. The molecule has 0 unspecified atom stereocenters. The van der Waals surface area contributed by atoms with E-state index in [1.165, 1.54) is 5.56 Å². The van der Waals surface area contributed by atoms with Gasteiger partial charge >= 0.3 is 0 Å². The molecule has 1 atom stereocenters. The van der Waals surface area contributed by atoms with Crippen molar-refractivity contribution in [3.8, 4) is 0 Å². The van der Waals surface area contributed by atoms with Crippen LogP contribution in [-0.2, 0) is 4.74 Å². The van der Waals surface area contributed by atoms with Crippen molar-refractivity contribution in [2.75, 3.05) is 24.6 Å². The molecule has 3 rings (SSSR count). The zero-order valence-electron chi connectivity index (χ0n) is 10.4. The number of halogens is 1. The van der Waals surface area contributed by atoms with E-state index in [0.717, 1.165) is 13.1 Å². The van der Waals surface area contributed by atoms with Crippen LogP contribution in [0.2, 0.25) is 5.02 Å². The Hall–Kier alpha value is -1.65. The predicted molar refractivity (Wildman–Crippen MR) is 74.4 cm³/mol. The molecule has 2 aromatic rings. The fourth-order valence-corrected chi connectivity index (χ4v) is 2.27. The SMILES string of the molecule is Clc1cnc(N2CCO[C@H](c3ccccc3)C2)nc1. The molecule has 0 aliphatic carbocycles. The Morgan fingerprint density at radius 2 is 1.89 bits per heavy atom. The second-order valence-corrected chi connectivity index (χ2v) is 4.85. The largest absolute Gasteiger partial charge is 0.370 e. The Morgan fingerprint density at radius 1 is 1.16 bits per heavy atom. The van der Waals surface area contributed by atoms with Crippen molar-refractivity contribution in [2.24, 2.45) is 0 Å². The van der Waals surface area contributed by atoms with Crippen molar-refractivity contribution < 1.29 is 4.74 Å². The van der Waals surface area contributed by atoms with Gasteiger partial charge in [0.15, 0.2) is 0 Å². The van der Waals surface area contributed by atoms with Gasteiger partial charge in [-0.05, 0) is 5.56 Å². The first-order valence-corrected chi connectivity index (χ1v) is 6.60. The van der Waals surface area contributed by atoms with Crippen LogP contribution in [0.4, 0.5) is 5.95 Å². The van der Waals surface area contributed by atoms with Gasteiger partial charge < -0.3 is 9.64 Å². The highest BCUT2D eigenvalue weighted by Crippen LogP contribution is 2.24. The lowest BCUT2D eigenvalue weighted by molar-refractivity contribution is 0.0392. The number of ether oxygens (including phenoxy) is 1. The Morgan fingerprint density at radius 3 is 2.63 bits per heavy atom. The molecule has 0 bridgehead atoms. The first-order valence-electron chi connectivity index (χ1n) is 6.22. The highest BCUT2D eigenvalue weighted by molar-refractivity contribution is 6.30. The third kappa shape index (κ3) is 2.85. The molecule has 0 spiro atoms. The molecule has 0 radical (unpaired) electrons. The van der Waals surface area contributed by atoms with Crippen LogP contribution in [0, 0.1) is 0 Å². The summed E-state index contributed by atoms with van der Waals surface area (Å²) >= 11 is 5.81. The smallest absolute Gasteiger partial charge is 0.225 e. The first-order chi connectivity index (χ1) is 9.33. The average molecular weight is 276 g/mol. The zero-order chi connectivity index (χ0) is 13.1. The molecule has 1 fully saturated rings. The van der Waals surface area contributed by atoms with Gasteiger partial charge in [-0.3, -0.25) is 0 Å². The van der Waals surface area contributed by atoms with Crippen molar-refractivity contribution in [3.05, 3.63) is 53.3 Å². The van der Waals surface area contributed by atoms with Crippen molar-refractivity contribution in [1.82, 2.24) is 9.97 Å². The van der Waals surface area contributed by atoms with E-state index in [0.29, 0.717) is 17.6 Å². The highest BCUT2D eigenvalue weighted by Gasteiger charge is 2.23. The van der Waals surface area contributed by atoms with Crippen LogP contribution in [0.5, 0.6) is 0 Å². The van der Waals surface area contributed by atoms with E-state index in [1.54, 1.807) is 12.4 Å². The molecular weight excluding hydrogens is 262 g/mol. The summed E-state index contributed by atoms with van der Waals surface area (Å²) < 4.78 is 5.82. The van der Waals surface area contributed by atoms with E-state index in [4.69, 9.17) is 16.3 Å². The quantitative estimate of drug-likeness (QED) is 0.845. The Bertz CT molecular complexity index is 532. The van der Waals surface area contributed by atoms with Gasteiger partial charge in [-0.15, -0.1) is 0 Å². The summed E-state index contributed by atoms with van der Waals surface area (Å²) in [6.07, 6.45) is 3.31. The molecule has 1 saturated heterocycles. The maximum absolute atomic E-state index is 5.82. The minimum atomic E-state index is 0.0641. The van der Waals surface area contributed by atoms with Crippen LogP contribution in [0.15, 0.2) is 42.7 Å². The number of anilines is 1. The van der Waals surface area contributed by atoms with E-state index in [2.05, 4.69) is 27.0 Å². The van der Waals surface area contributed by atoms with Gasteiger partial charge in [0.2, 0.25) is 5.95 Å². The minimum Gasteiger partial charge on any atom is -0.370 e. The monoisotopic (exact) mass is 275 g/mol. The third-order valence-corrected chi connectivity index (χ3v) is 3.32. The van der Waals surface area contributed by atoms with E-state index in [-0.39, 0.29) is 6.10 Å². The predicted octanol–water partition coefficient (Wildman–Crippen LogP) is 2.71. The van der Waals surface area contributed by atoms with Crippen LogP contribution >= 0.6 is 11.6 Å². The summed E-state index contributed by atoms with van der Waals surface area (Å²) in [5, 5.41) is 0.552. The Kier molecular flexibility index (Phi) is 3.62. The molecule has 1 aliphatic rings. The number of hydrogen-bond donors (Lipinski definition) is 0. The minimum absolute atomic E-state index is 0.0641. The molecule has 4 nitrogen and oxygen atoms in total. The molecule has 1 aliphatic heterocycles. The lowest BCUT2D eigenvalue weighted by atomic mass is 10.1. The molecule has 0 amide bonds. The Balaban J connectivity index is 1.76. The van der Waals surface area contributed by atoms with Crippen molar-refractivity contribution in [1.29, 1.82) is 0 Å². The van der Waals surface area contributed by atoms with Crippen LogP contribution < -0.4 is 4.90 Å². The maximum Gasteiger partial charge on any atom is 0.225 e. The second kappa shape index (κ2) is 5.55. The number of hydrogen-bond acceptors (Lipinski definition) is 4. The fourth-order valence-electron chi connectivity index (χ4n) is 2.17. The lowest BCUT2D eigenvalue weighted by Gasteiger charge is -2.33. The van der Waals surface area contributed by atoms with Gasteiger partial charge in [0.25, 0.3) is 0 Å². The summed E-state index contributed by atoms with van der Waals surface area (Å²) in [5.74, 6) is 0.702.